The molecule has 108 valence electrons. The Bertz CT molecular complexity index is 412. The molecule has 1 unspecified atom stereocenters. The first-order valence-corrected chi connectivity index (χ1v) is 7.99. The minimum atomic E-state index is -1.87. The Labute approximate surface area is 116 Å². The minimum Gasteiger partial charge on any atom is -0.508 e. The number of phenolic OH excluding ortho intramolecular Hbond substituents is 2. The fourth-order valence-corrected chi connectivity index (χ4v) is 1.85. The quantitative estimate of drug-likeness (QED) is 0.733. The second kappa shape index (κ2) is 8.13. The van der Waals surface area contributed by atoms with Crippen LogP contribution in [0.5, 0.6) is 11.5 Å². The Kier molecular flexibility index (Phi) is 7.65. The van der Waals surface area contributed by atoms with Crippen LogP contribution in [0, 0.1) is 0 Å². The Morgan fingerprint density at radius 1 is 1.26 bits per heavy atom. The van der Waals surface area contributed by atoms with E-state index in [-0.39, 0.29) is 16.9 Å². The fourth-order valence-electron chi connectivity index (χ4n) is 1.85. The monoisotopic (exact) mass is 287 g/mol. The predicted octanol–water partition coefficient (Wildman–Crippen LogP) is 3.92. The van der Waals surface area contributed by atoms with Gasteiger partial charge in [0.2, 0.25) is 0 Å². The van der Waals surface area contributed by atoms with E-state index in [1.807, 2.05) is 0 Å². The highest BCUT2D eigenvalue weighted by molar-refractivity contribution is 7.36. The molecule has 0 bridgehead atoms. The van der Waals surface area contributed by atoms with Crippen molar-refractivity contribution in [2.24, 2.45) is 0 Å². The summed E-state index contributed by atoms with van der Waals surface area (Å²) in [5.41, 5.74) is 0.877. The number of benzene rings is 1. The molecule has 3 N–H and O–H groups in total. The van der Waals surface area contributed by atoms with E-state index >= 15 is 0 Å². The van der Waals surface area contributed by atoms with Crippen LogP contribution in [0.25, 0.3) is 0 Å². The molecule has 0 aliphatic rings. The van der Waals surface area contributed by atoms with Crippen molar-refractivity contribution >= 4 is 8.03 Å². The second-order valence-electron chi connectivity index (χ2n) is 5.15. The van der Waals surface area contributed by atoms with Crippen molar-refractivity contribution < 1.29 is 19.7 Å². The number of hydrogen-bond acceptors (Lipinski definition) is 3. The predicted molar refractivity (Wildman–Crippen MR) is 78.1 cm³/mol. The first-order valence-electron chi connectivity index (χ1n) is 6.33. The van der Waals surface area contributed by atoms with Gasteiger partial charge in [0.25, 0.3) is 0 Å². The van der Waals surface area contributed by atoms with Gasteiger partial charge in [0, 0.05) is 6.07 Å². The summed E-state index contributed by atoms with van der Waals surface area (Å²) in [5.74, 6) is 0.304. The van der Waals surface area contributed by atoms with E-state index in [2.05, 4.69) is 20.8 Å². The summed E-state index contributed by atoms with van der Waals surface area (Å²) in [7, 11) is -1.87. The van der Waals surface area contributed by atoms with Crippen molar-refractivity contribution in [1.82, 2.24) is 0 Å². The third-order valence-electron chi connectivity index (χ3n) is 2.87. The van der Waals surface area contributed by atoms with E-state index < -0.39 is 8.03 Å². The van der Waals surface area contributed by atoms with Crippen molar-refractivity contribution in [2.75, 3.05) is 6.66 Å². The average molecular weight is 287 g/mol. The van der Waals surface area contributed by atoms with Gasteiger partial charge in [-0.15, -0.1) is 0 Å². The molecular weight excluding hydrogens is 263 g/mol. The van der Waals surface area contributed by atoms with Gasteiger partial charge < -0.3 is 10.2 Å². The molecule has 0 amide bonds. The molecule has 1 rings (SSSR count). The molecule has 19 heavy (non-hydrogen) atoms. The van der Waals surface area contributed by atoms with Crippen LogP contribution in [0.2, 0.25) is 0 Å². The zero-order chi connectivity index (χ0) is 15.1. The molecule has 0 fully saturated rings. The second-order valence-corrected chi connectivity index (χ2v) is 6.08. The summed E-state index contributed by atoms with van der Waals surface area (Å²) < 4.78 is 9.15. The lowest BCUT2D eigenvalue weighted by Gasteiger charge is -2.26. The molecule has 0 heterocycles. The molecule has 1 atom stereocenters. The van der Waals surface area contributed by atoms with Crippen molar-refractivity contribution in [3.63, 3.8) is 0 Å². The maximum absolute atomic E-state index is 9.77. The van der Waals surface area contributed by atoms with Crippen LogP contribution in [0.4, 0.5) is 0 Å². The molecule has 0 saturated heterocycles. The lowest BCUT2D eigenvalue weighted by atomic mass is 9.79. The lowest BCUT2D eigenvalue weighted by molar-refractivity contribution is 0.404. The van der Waals surface area contributed by atoms with E-state index in [0.29, 0.717) is 0 Å². The van der Waals surface area contributed by atoms with Gasteiger partial charge in [0.05, 0.1) is 0 Å². The SMILES string of the molecule is CCCCC(C)(C)c1ccc(O)cc1O.C[P+](=O)O. The van der Waals surface area contributed by atoms with E-state index in [1.54, 1.807) is 12.1 Å². The van der Waals surface area contributed by atoms with Gasteiger partial charge in [-0.05, 0) is 28.0 Å². The maximum atomic E-state index is 9.77. The van der Waals surface area contributed by atoms with Gasteiger partial charge in [0.15, 0.2) is 6.66 Å². The van der Waals surface area contributed by atoms with Gasteiger partial charge in [-0.3, -0.25) is 0 Å². The topological polar surface area (TPSA) is 77.8 Å². The molecule has 0 aromatic heterocycles. The Morgan fingerprint density at radius 2 is 1.79 bits per heavy atom. The van der Waals surface area contributed by atoms with Crippen LogP contribution in [0.3, 0.4) is 0 Å². The molecule has 0 aliphatic carbocycles. The molecule has 0 aliphatic heterocycles. The third kappa shape index (κ3) is 7.14. The number of phenols is 2. The zero-order valence-electron chi connectivity index (χ0n) is 12.1. The van der Waals surface area contributed by atoms with E-state index in [9.17, 15) is 10.2 Å². The summed E-state index contributed by atoms with van der Waals surface area (Å²) in [5, 5.41) is 19.0. The van der Waals surface area contributed by atoms with Gasteiger partial charge in [-0.25, -0.2) is 0 Å². The van der Waals surface area contributed by atoms with Crippen LogP contribution in [-0.2, 0) is 9.98 Å². The summed E-state index contributed by atoms with van der Waals surface area (Å²) in [6.07, 6.45) is 3.34. The third-order valence-corrected chi connectivity index (χ3v) is 2.87. The van der Waals surface area contributed by atoms with Crippen molar-refractivity contribution in [3.8, 4) is 11.5 Å². The number of rotatable bonds is 4. The fraction of sp³-hybridized carbons (Fsp3) is 0.571. The van der Waals surface area contributed by atoms with Crippen LogP contribution in [0.15, 0.2) is 18.2 Å². The van der Waals surface area contributed by atoms with Crippen LogP contribution < -0.4 is 0 Å². The highest BCUT2D eigenvalue weighted by atomic mass is 31.1. The van der Waals surface area contributed by atoms with Gasteiger partial charge in [-0.2, -0.15) is 4.89 Å². The summed E-state index contributed by atoms with van der Waals surface area (Å²) in [6.45, 7) is 7.63. The van der Waals surface area contributed by atoms with Crippen LogP contribution >= 0.6 is 8.03 Å². The van der Waals surface area contributed by atoms with Gasteiger partial charge in [0.1, 0.15) is 11.5 Å². The highest BCUT2D eigenvalue weighted by Gasteiger charge is 2.23. The first-order chi connectivity index (χ1) is 8.70. The van der Waals surface area contributed by atoms with Gasteiger partial charge in [-0.1, -0.05) is 39.7 Å². The molecule has 1 aromatic carbocycles. The molecule has 1 aromatic rings. The first kappa shape index (κ1) is 17.9. The van der Waals surface area contributed by atoms with Crippen molar-refractivity contribution in [3.05, 3.63) is 23.8 Å². The van der Waals surface area contributed by atoms with Crippen LogP contribution in [0.1, 0.15) is 45.6 Å². The zero-order valence-corrected chi connectivity index (χ0v) is 12.9. The largest absolute Gasteiger partial charge is 0.508 e. The molecule has 0 radical (unpaired) electrons. The molecule has 5 heteroatoms. The van der Waals surface area contributed by atoms with Crippen molar-refractivity contribution in [2.45, 2.75) is 45.4 Å². The summed E-state index contributed by atoms with van der Waals surface area (Å²) in [6, 6.07) is 4.84. The molecule has 4 nitrogen and oxygen atoms in total. The summed E-state index contributed by atoms with van der Waals surface area (Å²) >= 11 is 0. The number of aromatic hydroxyl groups is 2. The van der Waals surface area contributed by atoms with E-state index in [4.69, 9.17) is 9.46 Å². The average Bonchev–Trinajstić information content (AvgIpc) is 2.25. The van der Waals surface area contributed by atoms with E-state index in [0.717, 1.165) is 24.8 Å². The highest BCUT2D eigenvalue weighted by Crippen LogP contribution is 2.36. The Morgan fingerprint density at radius 3 is 2.21 bits per heavy atom. The lowest BCUT2D eigenvalue weighted by Crippen LogP contribution is -2.16. The Balaban J connectivity index is 0.000000711. The van der Waals surface area contributed by atoms with Crippen LogP contribution in [-0.4, -0.2) is 21.8 Å². The smallest absolute Gasteiger partial charge is 0.502 e. The van der Waals surface area contributed by atoms with Crippen molar-refractivity contribution in [1.29, 1.82) is 0 Å². The molecule has 0 saturated carbocycles. The normalized spacial score (nSPS) is 11.5. The standard InChI is InChI=1S/C13H20O2.CH3O2P/c1-4-5-8-13(2,3)11-7-6-10(14)9-12(11)15;1-4(2)3/h6-7,9,14-15H,4-5,8H2,1-3H3;1H3/p+1. The number of unbranched alkanes of at least 4 members (excludes halogenated alkanes) is 1. The number of hydrogen-bond donors (Lipinski definition) is 3. The molecule has 0 spiro atoms. The Hall–Kier alpha value is -1.12. The minimum absolute atomic E-state index is 0.0339. The maximum Gasteiger partial charge on any atom is 0.502 e. The molecular formula is C14H24O4P+. The van der Waals surface area contributed by atoms with E-state index in [1.165, 1.54) is 12.7 Å². The van der Waals surface area contributed by atoms with Gasteiger partial charge >= 0.3 is 8.03 Å². The summed E-state index contributed by atoms with van der Waals surface area (Å²) in [4.78, 5) is 7.56.